The number of urea groups is 1. The molecule has 0 aromatic carbocycles. The van der Waals surface area contributed by atoms with Gasteiger partial charge in [0, 0.05) is 26.7 Å². The first-order valence-electron chi connectivity index (χ1n) is 6.68. The molecule has 1 atom stereocenters. The average Bonchev–Trinajstić information content (AvgIpc) is 2.32. The Morgan fingerprint density at radius 1 is 1.32 bits per heavy atom. The first-order chi connectivity index (χ1) is 8.86. The summed E-state index contributed by atoms with van der Waals surface area (Å²) in [5, 5.41) is 20.3. The first kappa shape index (κ1) is 17.7. The Labute approximate surface area is 114 Å². The number of nitrogens with zero attached hydrogens (tertiary/aromatic N) is 1. The van der Waals surface area contributed by atoms with Gasteiger partial charge >= 0.3 is 12.0 Å². The summed E-state index contributed by atoms with van der Waals surface area (Å²) in [6.45, 7) is 5.02. The van der Waals surface area contributed by atoms with Crippen LogP contribution in [-0.4, -0.2) is 53.9 Å². The van der Waals surface area contributed by atoms with Crippen molar-refractivity contribution in [1.29, 1.82) is 0 Å². The van der Waals surface area contributed by atoms with Gasteiger partial charge in [-0.2, -0.15) is 0 Å². The lowest BCUT2D eigenvalue weighted by molar-refractivity contribution is -0.137. The molecule has 0 aliphatic carbocycles. The van der Waals surface area contributed by atoms with Gasteiger partial charge in [-0.15, -0.1) is 0 Å². The van der Waals surface area contributed by atoms with Crippen molar-refractivity contribution < 1.29 is 19.8 Å². The average molecular weight is 274 g/mol. The van der Waals surface area contributed by atoms with Gasteiger partial charge in [0.1, 0.15) is 0 Å². The molecule has 0 aromatic heterocycles. The van der Waals surface area contributed by atoms with Crippen LogP contribution in [0, 0.1) is 11.8 Å². The van der Waals surface area contributed by atoms with Crippen LogP contribution in [0.25, 0.3) is 0 Å². The third kappa shape index (κ3) is 9.30. The molecule has 112 valence electrons. The number of rotatable bonds is 9. The van der Waals surface area contributed by atoms with Crippen molar-refractivity contribution >= 4 is 12.0 Å². The number of amides is 2. The lowest BCUT2D eigenvalue weighted by Gasteiger charge is -2.22. The lowest BCUT2D eigenvalue weighted by Crippen LogP contribution is -2.40. The van der Waals surface area contributed by atoms with Gasteiger partial charge < -0.3 is 20.4 Å². The minimum atomic E-state index is -0.919. The zero-order valence-electron chi connectivity index (χ0n) is 12.1. The predicted octanol–water partition coefficient (Wildman–Crippen LogP) is 1.15. The van der Waals surface area contributed by atoms with Gasteiger partial charge in [0.2, 0.25) is 0 Å². The SMILES string of the molecule is CC(C)CC(CCO)CNC(=O)N(C)CCC(=O)O. The molecule has 0 heterocycles. The lowest BCUT2D eigenvalue weighted by atomic mass is 9.94. The molecule has 6 nitrogen and oxygen atoms in total. The highest BCUT2D eigenvalue weighted by Gasteiger charge is 2.14. The number of carbonyl (C=O) groups is 2. The molecule has 0 radical (unpaired) electrons. The van der Waals surface area contributed by atoms with Gasteiger partial charge in [0.25, 0.3) is 0 Å². The maximum Gasteiger partial charge on any atom is 0.317 e. The van der Waals surface area contributed by atoms with E-state index in [1.165, 1.54) is 4.90 Å². The standard InChI is InChI=1S/C13H26N2O4/c1-10(2)8-11(5-7-16)9-14-13(19)15(3)6-4-12(17)18/h10-11,16H,4-9H2,1-3H3,(H,14,19)(H,17,18). The van der Waals surface area contributed by atoms with E-state index in [9.17, 15) is 9.59 Å². The Hall–Kier alpha value is -1.30. The van der Waals surface area contributed by atoms with Crippen LogP contribution in [0.2, 0.25) is 0 Å². The molecule has 0 rings (SSSR count). The number of carboxylic acid groups (broad SMARTS) is 1. The van der Waals surface area contributed by atoms with Crippen LogP contribution in [0.3, 0.4) is 0 Å². The number of aliphatic hydroxyl groups is 1. The van der Waals surface area contributed by atoms with E-state index in [1.807, 2.05) is 0 Å². The molecule has 0 saturated carbocycles. The van der Waals surface area contributed by atoms with Crippen LogP contribution < -0.4 is 5.32 Å². The molecule has 0 saturated heterocycles. The second-order valence-electron chi connectivity index (χ2n) is 5.26. The van der Waals surface area contributed by atoms with Gasteiger partial charge in [-0.05, 0) is 24.7 Å². The maximum absolute atomic E-state index is 11.7. The molecule has 0 aromatic rings. The Bertz CT molecular complexity index is 282. The summed E-state index contributed by atoms with van der Waals surface area (Å²) in [4.78, 5) is 23.5. The number of nitrogens with one attached hydrogen (secondary N) is 1. The number of aliphatic carboxylic acids is 1. The van der Waals surface area contributed by atoms with E-state index in [1.54, 1.807) is 7.05 Å². The third-order valence-corrected chi connectivity index (χ3v) is 2.89. The number of hydrogen-bond acceptors (Lipinski definition) is 3. The zero-order chi connectivity index (χ0) is 14.8. The number of aliphatic hydroxyl groups excluding tert-OH is 1. The van der Waals surface area contributed by atoms with Crippen molar-refractivity contribution in [3.63, 3.8) is 0 Å². The quantitative estimate of drug-likeness (QED) is 0.588. The summed E-state index contributed by atoms with van der Waals surface area (Å²) in [7, 11) is 1.57. The molecule has 19 heavy (non-hydrogen) atoms. The molecule has 0 fully saturated rings. The van der Waals surface area contributed by atoms with E-state index in [0.717, 1.165) is 6.42 Å². The molecule has 3 N–H and O–H groups in total. The fraction of sp³-hybridized carbons (Fsp3) is 0.846. The Kier molecular flexibility index (Phi) is 8.95. The van der Waals surface area contributed by atoms with Crippen molar-refractivity contribution in [2.75, 3.05) is 26.7 Å². The van der Waals surface area contributed by atoms with Crippen LogP contribution in [0.5, 0.6) is 0 Å². The van der Waals surface area contributed by atoms with Crippen molar-refractivity contribution in [3.8, 4) is 0 Å². The summed E-state index contributed by atoms with van der Waals surface area (Å²) in [6.07, 6.45) is 1.55. The molecule has 6 heteroatoms. The Morgan fingerprint density at radius 3 is 2.42 bits per heavy atom. The second-order valence-corrected chi connectivity index (χ2v) is 5.26. The van der Waals surface area contributed by atoms with Crippen LogP contribution in [0.4, 0.5) is 4.79 Å². The highest BCUT2D eigenvalue weighted by Crippen LogP contribution is 2.14. The van der Waals surface area contributed by atoms with E-state index < -0.39 is 5.97 Å². The summed E-state index contributed by atoms with van der Waals surface area (Å²) in [5.41, 5.74) is 0. The second kappa shape index (κ2) is 9.61. The molecule has 1 unspecified atom stereocenters. The van der Waals surface area contributed by atoms with E-state index in [0.29, 0.717) is 18.9 Å². The zero-order valence-corrected chi connectivity index (χ0v) is 12.1. The highest BCUT2D eigenvalue weighted by molar-refractivity contribution is 5.74. The van der Waals surface area contributed by atoms with E-state index in [-0.39, 0.29) is 31.5 Å². The monoisotopic (exact) mass is 274 g/mol. The van der Waals surface area contributed by atoms with Crippen LogP contribution in [0.1, 0.15) is 33.1 Å². The van der Waals surface area contributed by atoms with Gasteiger partial charge in [0.15, 0.2) is 0 Å². The minimum absolute atomic E-state index is 0.0595. The van der Waals surface area contributed by atoms with E-state index in [2.05, 4.69) is 19.2 Å². The van der Waals surface area contributed by atoms with Crippen molar-refractivity contribution in [3.05, 3.63) is 0 Å². The summed E-state index contributed by atoms with van der Waals surface area (Å²) < 4.78 is 0. The van der Waals surface area contributed by atoms with E-state index >= 15 is 0 Å². The minimum Gasteiger partial charge on any atom is -0.481 e. The highest BCUT2D eigenvalue weighted by atomic mass is 16.4. The van der Waals surface area contributed by atoms with Crippen molar-refractivity contribution in [1.82, 2.24) is 10.2 Å². The van der Waals surface area contributed by atoms with Gasteiger partial charge in [-0.25, -0.2) is 4.79 Å². The molecular formula is C13H26N2O4. The normalized spacial score (nSPS) is 12.3. The van der Waals surface area contributed by atoms with Crippen molar-refractivity contribution in [2.45, 2.75) is 33.1 Å². The van der Waals surface area contributed by atoms with Crippen LogP contribution >= 0.6 is 0 Å². The smallest absolute Gasteiger partial charge is 0.317 e. The summed E-state index contributed by atoms with van der Waals surface area (Å²) >= 11 is 0. The van der Waals surface area contributed by atoms with Crippen LogP contribution in [0.15, 0.2) is 0 Å². The molecule has 0 aliphatic heterocycles. The van der Waals surface area contributed by atoms with Gasteiger partial charge in [0.05, 0.1) is 6.42 Å². The molecular weight excluding hydrogens is 248 g/mol. The fourth-order valence-electron chi connectivity index (χ4n) is 1.88. The van der Waals surface area contributed by atoms with E-state index in [4.69, 9.17) is 10.2 Å². The topological polar surface area (TPSA) is 89.9 Å². The maximum atomic E-state index is 11.7. The van der Waals surface area contributed by atoms with Gasteiger partial charge in [-0.3, -0.25) is 4.79 Å². The van der Waals surface area contributed by atoms with Gasteiger partial charge in [-0.1, -0.05) is 13.8 Å². The predicted molar refractivity (Wildman–Crippen MR) is 72.9 cm³/mol. The largest absolute Gasteiger partial charge is 0.481 e. The number of carboxylic acids is 1. The fourth-order valence-corrected chi connectivity index (χ4v) is 1.88. The van der Waals surface area contributed by atoms with Crippen molar-refractivity contribution in [2.24, 2.45) is 11.8 Å². The molecule has 0 spiro atoms. The first-order valence-corrected chi connectivity index (χ1v) is 6.68. The molecule has 0 aliphatic rings. The molecule has 2 amide bonds. The Balaban J connectivity index is 4.05. The Morgan fingerprint density at radius 2 is 1.95 bits per heavy atom. The third-order valence-electron chi connectivity index (χ3n) is 2.89. The van der Waals surface area contributed by atoms with Crippen LogP contribution in [-0.2, 0) is 4.79 Å². The summed E-state index contributed by atoms with van der Waals surface area (Å²) in [6, 6.07) is -0.270. The number of carbonyl (C=O) groups excluding carboxylic acids is 1. The summed E-state index contributed by atoms with van der Waals surface area (Å²) in [5.74, 6) is -0.155. The molecule has 0 bridgehead atoms. The number of hydrogen-bond donors (Lipinski definition) is 3.